The minimum absolute atomic E-state index is 0.0551. The lowest BCUT2D eigenvalue weighted by molar-refractivity contribution is -0.115. The van der Waals surface area contributed by atoms with Gasteiger partial charge in [-0.05, 0) is 36.5 Å². The molecule has 0 unspecified atom stereocenters. The molecule has 0 fully saturated rings. The number of hydrogen-bond acceptors (Lipinski definition) is 3. The van der Waals surface area contributed by atoms with Crippen molar-refractivity contribution in [2.45, 2.75) is 53.0 Å². The smallest absolute Gasteiger partial charge is 0.228 e. The summed E-state index contributed by atoms with van der Waals surface area (Å²) >= 11 is 0. The standard InChI is InChI=1S/C17H27N3O/c1-5-13(6-2)20(10-11(3)4)16-9-15-12(7-14(16)18)8-17(21)19-15/h7,9,11,13H,5-6,8,10,18H2,1-4H3,(H,19,21). The van der Waals surface area contributed by atoms with Gasteiger partial charge in [0.05, 0.1) is 17.8 Å². The number of rotatable bonds is 6. The molecule has 0 bridgehead atoms. The Labute approximate surface area is 127 Å². The Morgan fingerprint density at radius 1 is 1.29 bits per heavy atom. The van der Waals surface area contributed by atoms with Crippen molar-refractivity contribution >= 4 is 23.0 Å². The molecule has 3 N–H and O–H groups in total. The van der Waals surface area contributed by atoms with Crippen LogP contribution in [-0.4, -0.2) is 18.5 Å². The van der Waals surface area contributed by atoms with Gasteiger partial charge < -0.3 is 16.0 Å². The highest BCUT2D eigenvalue weighted by Gasteiger charge is 2.24. The fraction of sp³-hybridized carbons (Fsp3) is 0.588. The molecule has 0 atom stereocenters. The van der Waals surface area contributed by atoms with Crippen molar-refractivity contribution in [1.29, 1.82) is 0 Å². The second-order valence-electron chi connectivity index (χ2n) is 6.31. The molecule has 1 aliphatic rings. The third-order valence-electron chi connectivity index (χ3n) is 4.13. The lowest BCUT2D eigenvalue weighted by Gasteiger charge is -2.35. The minimum atomic E-state index is 0.0551. The largest absolute Gasteiger partial charge is 0.397 e. The van der Waals surface area contributed by atoms with E-state index in [1.165, 1.54) is 0 Å². The number of fused-ring (bicyclic) bond motifs is 1. The predicted octanol–water partition coefficient (Wildman–Crippen LogP) is 3.41. The highest BCUT2D eigenvalue weighted by molar-refractivity contribution is 6.01. The van der Waals surface area contributed by atoms with Crippen LogP contribution in [0.1, 0.15) is 46.1 Å². The van der Waals surface area contributed by atoms with Gasteiger partial charge >= 0.3 is 0 Å². The molecule has 4 nitrogen and oxygen atoms in total. The first-order valence-electron chi connectivity index (χ1n) is 7.95. The highest BCUT2D eigenvalue weighted by Crippen LogP contribution is 2.35. The Bertz CT molecular complexity index is 521. The van der Waals surface area contributed by atoms with E-state index in [1.54, 1.807) is 0 Å². The van der Waals surface area contributed by atoms with Gasteiger partial charge in [0.15, 0.2) is 0 Å². The van der Waals surface area contributed by atoms with Crippen molar-refractivity contribution in [2.24, 2.45) is 5.92 Å². The number of nitrogens with zero attached hydrogens (tertiary/aromatic N) is 1. The molecule has 0 spiro atoms. The average Bonchev–Trinajstić information content (AvgIpc) is 2.76. The summed E-state index contributed by atoms with van der Waals surface area (Å²) in [5.74, 6) is 0.618. The maximum atomic E-state index is 11.6. The first-order valence-corrected chi connectivity index (χ1v) is 7.95. The molecule has 1 aromatic carbocycles. The quantitative estimate of drug-likeness (QED) is 0.789. The van der Waals surface area contributed by atoms with Crippen LogP contribution in [-0.2, 0) is 11.2 Å². The Balaban J connectivity index is 2.40. The number of carbonyl (C=O) groups is 1. The lowest BCUT2D eigenvalue weighted by Crippen LogP contribution is -2.37. The molecular formula is C17H27N3O. The molecule has 2 rings (SSSR count). The normalized spacial score (nSPS) is 13.7. The maximum Gasteiger partial charge on any atom is 0.228 e. The monoisotopic (exact) mass is 289 g/mol. The van der Waals surface area contributed by atoms with Crippen LogP contribution >= 0.6 is 0 Å². The highest BCUT2D eigenvalue weighted by atomic mass is 16.1. The van der Waals surface area contributed by atoms with Crippen molar-refractivity contribution in [3.05, 3.63) is 17.7 Å². The number of amides is 1. The Hall–Kier alpha value is -1.71. The summed E-state index contributed by atoms with van der Waals surface area (Å²) in [6.45, 7) is 9.85. The summed E-state index contributed by atoms with van der Waals surface area (Å²) in [4.78, 5) is 14.0. The van der Waals surface area contributed by atoms with Crippen molar-refractivity contribution < 1.29 is 4.79 Å². The number of benzene rings is 1. The van der Waals surface area contributed by atoms with Gasteiger partial charge in [0.2, 0.25) is 5.91 Å². The molecule has 1 heterocycles. The fourth-order valence-corrected chi connectivity index (χ4v) is 3.10. The Kier molecular flexibility index (Phi) is 4.76. The van der Waals surface area contributed by atoms with Crippen LogP contribution in [0.25, 0.3) is 0 Å². The zero-order chi connectivity index (χ0) is 15.6. The van der Waals surface area contributed by atoms with Gasteiger partial charge in [0.1, 0.15) is 0 Å². The Morgan fingerprint density at radius 3 is 2.52 bits per heavy atom. The summed E-state index contributed by atoms with van der Waals surface area (Å²) in [6.07, 6.45) is 2.62. The van der Waals surface area contributed by atoms with Gasteiger partial charge in [-0.1, -0.05) is 27.7 Å². The van der Waals surface area contributed by atoms with Crippen molar-refractivity contribution in [3.63, 3.8) is 0 Å². The topological polar surface area (TPSA) is 58.4 Å². The number of nitrogens with one attached hydrogen (secondary N) is 1. The third kappa shape index (κ3) is 3.31. The molecule has 1 aromatic rings. The fourth-order valence-electron chi connectivity index (χ4n) is 3.10. The molecule has 1 aliphatic heterocycles. The number of carbonyl (C=O) groups excluding carboxylic acids is 1. The van der Waals surface area contributed by atoms with E-state index < -0.39 is 0 Å². The van der Waals surface area contributed by atoms with E-state index in [4.69, 9.17) is 5.73 Å². The summed E-state index contributed by atoms with van der Waals surface area (Å²) in [5.41, 5.74) is 10.0. The molecule has 0 aromatic heterocycles. The average molecular weight is 289 g/mol. The SMILES string of the molecule is CCC(CC)N(CC(C)C)c1cc2c(cc1N)CC(=O)N2. The van der Waals surface area contributed by atoms with Gasteiger partial charge in [-0.15, -0.1) is 0 Å². The van der Waals surface area contributed by atoms with Crippen molar-refractivity contribution in [1.82, 2.24) is 0 Å². The van der Waals surface area contributed by atoms with Crippen LogP contribution < -0.4 is 16.0 Å². The van der Waals surface area contributed by atoms with Gasteiger partial charge in [0, 0.05) is 18.3 Å². The molecule has 1 amide bonds. The van der Waals surface area contributed by atoms with E-state index in [2.05, 4.69) is 44.0 Å². The number of hydrogen-bond donors (Lipinski definition) is 2. The number of nitrogens with two attached hydrogens (primary N) is 1. The van der Waals surface area contributed by atoms with E-state index >= 15 is 0 Å². The summed E-state index contributed by atoms with van der Waals surface area (Å²) < 4.78 is 0. The summed E-state index contributed by atoms with van der Waals surface area (Å²) in [7, 11) is 0. The second-order valence-corrected chi connectivity index (χ2v) is 6.31. The molecule has 21 heavy (non-hydrogen) atoms. The third-order valence-corrected chi connectivity index (χ3v) is 4.13. The van der Waals surface area contributed by atoms with E-state index in [0.717, 1.165) is 42.0 Å². The molecule has 0 saturated heterocycles. The van der Waals surface area contributed by atoms with Gasteiger partial charge in [-0.25, -0.2) is 0 Å². The van der Waals surface area contributed by atoms with E-state index in [-0.39, 0.29) is 5.91 Å². The van der Waals surface area contributed by atoms with Gasteiger partial charge in [-0.2, -0.15) is 0 Å². The molecule has 116 valence electrons. The lowest BCUT2D eigenvalue weighted by atomic mass is 10.0. The molecule has 0 radical (unpaired) electrons. The second kappa shape index (κ2) is 6.37. The number of anilines is 3. The van der Waals surface area contributed by atoms with Crippen LogP contribution in [0, 0.1) is 5.92 Å². The number of nitrogen functional groups attached to an aromatic ring is 1. The molecule has 4 heteroatoms. The zero-order valence-electron chi connectivity index (χ0n) is 13.6. The summed E-state index contributed by atoms with van der Waals surface area (Å²) in [6, 6.07) is 4.49. The summed E-state index contributed by atoms with van der Waals surface area (Å²) in [5, 5.41) is 2.93. The van der Waals surface area contributed by atoms with Crippen LogP contribution in [0.3, 0.4) is 0 Å². The van der Waals surface area contributed by atoms with Crippen molar-refractivity contribution in [2.75, 3.05) is 22.5 Å². The van der Waals surface area contributed by atoms with E-state index in [1.807, 2.05) is 6.07 Å². The van der Waals surface area contributed by atoms with E-state index in [0.29, 0.717) is 18.4 Å². The molecular weight excluding hydrogens is 262 g/mol. The van der Waals surface area contributed by atoms with Crippen LogP contribution in [0.2, 0.25) is 0 Å². The van der Waals surface area contributed by atoms with Crippen molar-refractivity contribution in [3.8, 4) is 0 Å². The minimum Gasteiger partial charge on any atom is -0.397 e. The van der Waals surface area contributed by atoms with Gasteiger partial charge in [0.25, 0.3) is 0 Å². The maximum absolute atomic E-state index is 11.6. The predicted molar refractivity (Wildman–Crippen MR) is 89.7 cm³/mol. The van der Waals surface area contributed by atoms with Crippen LogP contribution in [0.4, 0.5) is 17.1 Å². The molecule has 0 aliphatic carbocycles. The zero-order valence-corrected chi connectivity index (χ0v) is 13.6. The van der Waals surface area contributed by atoms with Crippen LogP contribution in [0.5, 0.6) is 0 Å². The van der Waals surface area contributed by atoms with E-state index in [9.17, 15) is 4.79 Å². The first kappa shape index (κ1) is 15.7. The van der Waals surface area contributed by atoms with Crippen LogP contribution in [0.15, 0.2) is 12.1 Å². The first-order chi connectivity index (χ1) is 9.96. The molecule has 0 saturated carbocycles. The van der Waals surface area contributed by atoms with Gasteiger partial charge in [-0.3, -0.25) is 4.79 Å². The Morgan fingerprint density at radius 2 is 1.95 bits per heavy atom.